The summed E-state index contributed by atoms with van der Waals surface area (Å²) >= 11 is 0. The van der Waals surface area contributed by atoms with E-state index >= 15 is 0 Å². The van der Waals surface area contributed by atoms with Gasteiger partial charge in [0.15, 0.2) is 0 Å². The molecule has 0 spiro atoms. The number of anilines is 1. The molecule has 2 amide bonds. The van der Waals surface area contributed by atoms with Gasteiger partial charge in [0.25, 0.3) is 0 Å². The van der Waals surface area contributed by atoms with Gasteiger partial charge in [0.1, 0.15) is 6.04 Å². The maximum absolute atomic E-state index is 12.0. The number of carbonyl (C=O) groups excluding carboxylic acids is 2. The third-order valence-corrected chi connectivity index (χ3v) is 2.62. The molecular weight excluding hydrogens is 248 g/mol. The Bertz CT molecular complexity index is 496. The van der Waals surface area contributed by atoms with Crippen molar-refractivity contribution in [3.05, 3.63) is 29.8 Å². The second-order valence-corrected chi connectivity index (χ2v) is 4.17. The molecule has 1 rings (SSSR count). The molecule has 1 aromatic carbocycles. The first-order chi connectivity index (χ1) is 8.82. The van der Waals surface area contributed by atoms with Gasteiger partial charge in [-0.15, -0.1) is 0 Å². The highest BCUT2D eigenvalue weighted by Crippen LogP contribution is 2.14. The molecule has 0 heterocycles. The number of carboxylic acid groups (broad SMARTS) is 1. The van der Waals surface area contributed by atoms with Gasteiger partial charge in [-0.25, -0.2) is 4.79 Å². The Labute approximate surface area is 111 Å². The van der Waals surface area contributed by atoms with E-state index in [1.54, 1.807) is 26.1 Å². The lowest BCUT2D eigenvalue weighted by atomic mass is 10.2. The van der Waals surface area contributed by atoms with Crippen molar-refractivity contribution in [1.29, 1.82) is 0 Å². The standard InChI is InChI=1S/C13H16N2O4/c1-8(14-9(2)16)12(17)15(3)11-6-4-10(5-7-11)13(18)19/h4-8H,1-3H3,(H,14,16)(H,18,19). The fraction of sp³-hybridized carbons (Fsp3) is 0.308. The predicted molar refractivity (Wildman–Crippen MR) is 70.1 cm³/mol. The number of aromatic carboxylic acids is 1. The van der Waals surface area contributed by atoms with Gasteiger partial charge in [0, 0.05) is 19.7 Å². The van der Waals surface area contributed by atoms with Gasteiger partial charge in [-0.3, -0.25) is 9.59 Å². The first kappa shape index (κ1) is 14.7. The predicted octanol–water partition coefficient (Wildman–Crippen LogP) is 0.872. The molecule has 0 aromatic heterocycles. The minimum absolute atomic E-state index is 0.152. The number of rotatable bonds is 4. The Morgan fingerprint density at radius 3 is 2.16 bits per heavy atom. The molecule has 0 aliphatic carbocycles. The molecule has 0 saturated heterocycles. The third kappa shape index (κ3) is 3.80. The number of nitrogens with one attached hydrogen (secondary N) is 1. The van der Waals surface area contributed by atoms with E-state index in [1.165, 1.54) is 24.0 Å². The number of hydrogen-bond donors (Lipinski definition) is 2. The number of amides is 2. The van der Waals surface area contributed by atoms with E-state index in [-0.39, 0.29) is 17.4 Å². The average Bonchev–Trinajstić information content (AvgIpc) is 2.36. The van der Waals surface area contributed by atoms with Crippen LogP contribution in [0.25, 0.3) is 0 Å². The molecule has 0 saturated carbocycles. The molecule has 1 unspecified atom stereocenters. The normalized spacial score (nSPS) is 11.5. The van der Waals surface area contributed by atoms with Gasteiger partial charge < -0.3 is 15.3 Å². The lowest BCUT2D eigenvalue weighted by Gasteiger charge is -2.21. The molecule has 0 fully saturated rings. The monoisotopic (exact) mass is 264 g/mol. The Hall–Kier alpha value is -2.37. The highest BCUT2D eigenvalue weighted by atomic mass is 16.4. The van der Waals surface area contributed by atoms with Crippen molar-refractivity contribution in [3.8, 4) is 0 Å². The summed E-state index contributed by atoms with van der Waals surface area (Å²) in [6.45, 7) is 2.93. The van der Waals surface area contributed by atoms with Crippen LogP contribution in [0.3, 0.4) is 0 Å². The molecular formula is C13H16N2O4. The second-order valence-electron chi connectivity index (χ2n) is 4.17. The molecule has 0 aliphatic rings. The summed E-state index contributed by atoms with van der Waals surface area (Å²) in [4.78, 5) is 35.0. The van der Waals surface area contributed by atoms with Crippen molar-refractivity contribution >= 4 is 23.5 Å². The first-order valence-electron chi connectivity index (χ1n) is 5.71. The van der Waals surface area contributed by atoms with Crippen molar-refractivity contribution in [2.45, 2.75) is 19.9 Å². The van der Waals surface area contributed by atoms with Gasteiger partial charge in [0.05, 0.1) is 5.56 Å². The van der Waals surface area contributed by atoms with Crippen molar-refractivity contribution in [2.24, 2.45) is 0 Å². The average molecular weight is 264 g/mol. The lowest BCUT2D eigenvalue weighted by molar-refractivity contribution is -0.125. The van der Waals surface area contributed by atoms with Crippen LogP contribution in [0, 0.1) is 0 Å². The summed E-state index contributed by atoms with van der Waals surface area (Å²) in [7, 11) is 1.57. The maximum atomic E-state index is 12.0. The van der Waals surface area contributed by atoms with Crippen molar-refractivity contribution in [1.82, 2.24) is 5.32 Å². The summed E-state index contributed by atoms with van der Waals surface area (Å²) in [6, 6.07) is 5.29. The van der Waals surface area contributed by atoms with Crippen LogP contribution in [0.15, 0.2) is 24.3 Å². The zero-order valence-electron chi connectivity index (χ0n) is 11.0. The largest absolute Gasteiger partial charge is 0.478 e. The Morgan fingerprint density at radius 1 is 1.21 bits per heavy atom. The Morgan fingerprint density at radius 2 is 1.74 bits per heavy atom. The fourth-order valence-corrected chi connectivity index (χ4v) is 1.61. The summed E-state index contributed by atoms with van der Waals surface area (Å²) in [6.07, 6.45) is 0. The van der Waals surface area contributed by atoms with E-state index in [1.807, 2.05) is 0 Å². The zero-order chi connectivity index (χ0) is 14.6. The van der Waals surface area contributed by atoms with Crippen molar-refractivity contribution in [2.75, 3.05) is 11.9 Å². The number of nitrogens with zero attached hydrogens (tertiary/aromatic N) is 1. The van der Waals surface area contributed by atoms with E-state index < -0.39 is 12.0 Å². The highest BCUT2D eigenvalue weighted by molar-refractivity contribution is 5.98. The van der Waals surface area contributed by atoms with Crippen LogP contribution in [-0.4, -0.2) is 36.0 Å². The smallest absolute Gasteiger partial charge is 0.335 e. The van der Waals surface area contributed by atoms with E-state index in [4.69, 9.17) is 5.11 Å². The topological polar surface area (TPSA) is 86.7 Å². The highest BCUT2D eigenvalue weighted by Gasteiger charge is 2.19. The summed E-state index contributed by atoms with van der Waals surface area (Å²) < 4.78 is 0. The zero-order valence-corrected chi connectivity index (χ0v) is 11.0. The summed E-state index contributed by atoms with van der Waals surface area (Å²) in [5.41, 5.74) is 0.715. The first-order valence-corrected chi connectivity index (χ1v) is 5.71. The number of hydrogen-bond acceptors (Lipinski definition) is 3. The third-order valence-electron chi connectivity index (χ3n) is 2.62. The molecule has 6 nitrogen and oxygen atoms in total. The van der Waals surface area contributed by atoms with Crippen LogP contribution in [0.4, 0.5) is 5.69 Å². The Kier molecular flexibility index (Phi) is 4.63. The van der Waals surface area contributed by atoms with Gasteiger partial charge in [0.2, 0.25) is 11.8 Å². The quantitative estimate of drug-likeness (QED) is 0.844. The molecule has 6 heteroatoms. The molecule has 1 aromatic rings. The van der Waals surface area contributed by atoms with Gasteiger partial charge in [-0.1, -0.05) is 0 Å². The number of carboxylic acids is 1. The SMILES string of the molecule is CC(=O)NC(C)C(=O)N(C)c1ccc(C(=O)O)cc1. The fourth-order valence-electron chi connectivity index (χ4n) is 1.61. The van der Waals surface area contributed by atoms with E-state index in [0.29, 0.717) is 5.69 Å². The molecule has 0 bridgehead atoms. The number of likely N-dealkylation sites (N-methyl/N-ethyl adjacent to an activating group) is 1. The Balaban J connectivity index is 2.82. The van der Waals surface area contributed by atoms with Crippen molar-refractivity contribution in [3.63, 3.8) is 0 Å². The molecule has 2 N–H and O–H groups in total. The second kappa shape index (κ2) is 5.99. The van der Waals surface area contributed by atoms with Gasteiger partial charge >= 0.3 is 5.97 Å². The van der Waals surface area contributed by atoms with Crippen LogP contribution in [-0.2, 0) is 9.59 Å². The van der Waals surface area contributed by atoms with E-state index in [9.17, 15) is 14.4 Å². The molecule has 0 radical (unpaired) electrons. The summed E-state index contributed by atoms with van der Waals surface area (Å²) in [5.74, 6) is -1.58. The molecule has 1 atom stereocenters. The van der Waals surface area contributed by atoms with Gasteiger partial charge in [-0.05, 0) is 31.2 Å². The van der Waals surface area contributed by atoms with Crippen LogP contribution >= 0.6 is 0 Å². The summed E-state index contributed by atoms with van der Waals surface area (Å²) in [5, 5.41) is 11.3. The van der Waals surface area contributed by atoms with Crippen LogP contribution in [0.2, 0.25) is 0 Å². The molecule has 0 aliphatic heterocycles. The van der Waals surface area contributed by atoms with E-state index in [2.05, 4.69) is 5.32 Å². The van der Waals surface area contributed by atoms with Gasteiger partial charge in [-0.2, -0.15) is 0 Å². The molecule has 19 heavy (non-hydrogen) atoms. The van der Waals surface area contributed by atoms with E-state index in [0.717, 1.165) is 0 Å². The van der Waals surface area contributed by atoms with Crippen LogP contribution in [0.5, 0.6) is 0 Å². The van der Waals surface area contributed by atoms with Crippen LogP contribution < -0.4 is 10.2 Å². The van der Waals surface area contributed by atoms with Crippen molar-refractivity contribution < 1.29 is 19.5 Å². The maximum Gasteiger partial charge on any atom is 0.335 e. The minimum atomic E-state index is -1.02. The lowest BCUT2D eigenvalue weighted by Crippen LogP contribution is -2.45. The van der Waals surface area contributed by atoms with Crippen LogP contribution in [0.1, 0.15) is 24.2 Å². The number of carbonyl (C=O) groups is 3. The minimum Gasteiger partial charge on any atom is -0.478 e. The molecule has 102 valence electrons. The number of benzene rings is 1.